The Labute approximate surface area is 105 Å². The van der Waals surface area contributed by atoms with Gasteiger partial charge < -0.3 is 5.32 Å². The van der Waals surface area contributed by atoms with Crippen LogP contribution in [0.15, 0.2) is 0 Å². The van der Waals surface area contributed by atoms with Gasteiger partial charge in [0.2, 0.25) is 0 Å². The number of hydrogen-bond acceptors (Lipinski definition) is 3. The van der Waals surface area contributed by atoms with Crippen LogP contribution in [0.5, 0.6) is 0 Å². The minimum absolute atomic E-state index is 0.366. The zero-order valence-corrected chi connectivity index (χ0v) is 11.5. The average molecular weight is 259 g/mol. The molecule has 1 aliphatic heterocycles. The minimum atomic E-state index is -2.70. The second-order valence-corrected chi connectivity index (χ2v) is 8.01. The van der Waals surface area contributed by atoms with E-state index in [1.165, 1.54) is 38.5 Å². The van der Waals surface area contributed by atoms with Crippen LogP contribution in [0.25, 0.3) is 0 Å². The molecule has 2 rings (SSSR count). The Hall–Kier alpha value is -0.0900. The van der Waals surface area contributed by atoms with E-state index in [-0.39, 0.29) is 0 Å². The van der Waals surface area contributed by atoms with Gasteiger partial charge >= 0.3 is 0 Å². The van der Waals surface area contributed by atoms with E-state index in [2.05, 4.69) is 5.32 Å². The molecule has 1 saturated heterocycles. The molecule has 0 spiro atoms. The highest BCUT2D eigenvalue weighted by molar-refractivity contribution is 7.91. The standard InChI is InChI=1S/C13H25NO2S/c15-17(16)8-7-13(11-17)10-14-9-12-5-3-1-2-4-6-12/h12-14H,1-11H2. The van der Waals surface area contributed by atoms with E-state index in [9.17, 15) is 8.42 Å². The molecule has 2 fully saturated rings. The van der Waals surface area contributed by atoms with Gasteiger partial charge in [-0.3, -0.25) is 0 Å². The van der Waals surface area contributed by atoms with E-state index in [4.69, 9.17) is 0 Å². The second kappa shape index (κ2) is 6.19. The molecule has 1 atom stereocenters. The van der Waals surface area contributed by atoms with Gasteiger partial charge in [0, 0.05) is 0 Å². The summed E-state index contributed by atoms with van der Waals surface area (Å²) >= 11 is 0. The van der Waals surface area contributed by atoms with E-state index in [0.717, 1.165) is 25.4 Å². The number of nitrogens with one attached hydrogen (secondary N) is 1. The van der Waals surface area contributed by atoms with Crippen molar-refractivity contribution in [1.82, 2.24) is 5.32 Å². The molecular formula is C13H25NO2S. The van der Waals surface area contributed by atoms with E-state index in [1.807, 2.05) is 0 Å². The molecule has 3 nitrogen and oxygen atoms in total. The monoisotopic (exact) mass is 259 g/mol. The first kappa shape index (κ1) is 13.3. The molecule has 1 unspecified atom stereocenters. The Kier molecular flexibility index (Phi) is 4.86. The molecule has 4 heteroatoms. The van der Waals surface area contributed by atoms with E-state index < -0.39 is 9.84 Å². The molecule has 17 heavy (non-hydrogen) atoms. The molecule has 0 radical (unpaired) electrons. The molecule has 0 aromatic heterocycles. The lowest BCUT2D eigenvalue weighted by Gasteiger charge is -2.16. The quantitative estimate of drug-likeness (QED) is 0.785. The zero-order chi connectivity index (χ0) is 12.1. The first-order valence-electron chi connectivity index (χ1n) is 7.07. The third kappa shape index (κ3) is 4.59. The summed E-state index contributed by atoms with van der Waals surface area (Å²) in [6, 6.07) is 0. The number of sulfone groups is 1. The van der Waals surface area contributed by atoms with Crippen LogP contribution >= 0.6 is 0 Å². The molecule has 0 aromatic carbocycles. The zero-order valence-electron chi connectivity index (χ0n) is 10.7. The Bertz CT molecular complexity index is 318. The van der Waals surface area contributed by atoms with Crippen LogP contribution in [0.1, 0.15) is 44.9 Å². The smallest absolute Gasteiger partial charge is 0.150 e. The topological polar surface area (TPSA) is 46.2 Å². The summed E-state index contributed by atoms with van der Waals surface area (Å²) in [6.45, 7) is 1.99. The van der Waals surface area contributed by atoms with Gasteiger partial charge in [-0.15, -0.1) is 0 Å². The lowest BCUT2D eigenvalue weighted by Crippen LogP contribution is -2.28. The SMILES string of the molecule is O=S1(=O)CCC(CNCC2CCCCCC2)C1. The molecule has 2 aliphatic rings. The summed E-state index contributed by atoms with van der Waals surface area (Å²) in [5.74, 6) is 2.01. The maximum absolute atomic E-state index is 11.3. The van der Waals surface area contributed by atoms with E-state index in [0.29, 0.717) is 17.4 Å². The minimum Gasteiger partial charge on any atom is -0.316 e. The van der Waals surface area contributed by atoms with Crippen LogP contribution in [-0.2, 0) is 9.84 Å². The van der Waals surface area contributed by atoms with Gasteiger partial charge in [-0.2, -0.15) is 0 Å². The molecule has 1 saturated carbocycles. The van der Waals surface area contributed by atoms with Crippen molar-refractivity contribution >= 4 is 9.84 Å². The highest BCUT2D eigenvalue weighted by atomic mass is 32.2. The third-order valence-electron chi connectivity index (χ3n) is 4.17. The van der Waals surface area contributed by atoms with Crippen LogP contribution in [0.4, 0.5) is 0 Å². The molecule has 100 valence electrons. The average Bonchev–Trinajstić information content (AvgIpc) is 2.52. The van der Waals surface area contributed by atoms with Crippen LogP contribution in [0.2, 0.25) is 0 Å². The van der Waals surface area contributed by atoms with Crippen LogP contribution in [0, 0.1) is 11.8 Å². The van der Waals surface area contributed by atoms with Gasteiger partial charge in [-0.1, -0.05) is 25.7 Å². The maximum atomic E-state index is 11.3. The summed E-state index contributed by atoms with van der Waals surface area (Å²) in [5, 5.41) is 3.50. The van der Waals surface area contributed by atoms with Crippen LogP contribution < -0.4 is 5.32 Å². The van der Waals surface area contributed by atoms with Gasteiger partial charge in [-0.25, -0.2) is 8.42 Å². The Balaban J connectivity index is 1.62. The van der Waals surface area contributed by atoms with E-state index in [1.54, 1.807) is 0 Å². The first-order chi connectivity index (χ1) is 8.16. The highest BCUT2D eigenvalue weighted by Gasteiger charge is 2.27. The van der Waals surface area contributed by atoms with Crippen molar-refractivity contribution in [2.45, 2.75) is 44.9 Å². The van der Waals surface area contributed by atoms with Crippen LogP contribution in [0.3, 0.4) is 0 Å². The van der Waals surface area contributed by atoms with Gasteiger partial charge in [0.15, 0.2) is 9.84 Å². The Morgan fingerprint density at radius 3 is 2.12 bits per heavy atom. The van der Waals surface area contributed by atoms with Crippen molar-refractivity contribution in [2.75, 3.05) is 24.6 Å². The van der Waals surface area contributed by atoms with Crippen molar-refractivity contribution in [1.29, 1.82) is 0 Å². The predicted molar refractivity (Wildman–Crippen MR) is 70.8 cm³/mol. The second-order valence-electron chi connectivity index (χ2n) is 5.78. The summed E-state index contributed by atoms with van der Waals surface area (Å²) in [5.41, 5.74) is 0. The Morgan fingerprint density at radius 1 is 0.882 bits per heavy atom. The highest BCUT2D eigenvalue weighted by Crippen LogP contribution is 2.22. The molecule has 1 aliphatic carbocycles. The lowest BCUT2D eigenvalue weighted by atomic mass is 10.00. The van der Waals surface area contributed by atoms with Crippen LogP contribution in [-0.4, -0.2) is 33.0 Å². The molecule has 0 aromatic rings. The van der Waals surface area contributed by atoms with Gasteiger partial charge in [0.05, 0.1) is 11.5 Å². The fourth-order valence-electron chi connectivity index (χ4n) is 3.09. The van der Waals surface area contributed by atoms with Crippen molar-refractivity contribution < 1.29 is 8.42 Å². The maximum Gasteiger partial charge on any atom is 0.150 e. The molecule has 1 N–H and O–H groups in total. The van der Waals surface area contributed by atoms with Gasteiger partial charge in [0.25, 0.3) is 0 Å². The van der Waals surface area contributed by atoms with Crippen molar-refractivity contribution in [3.05, 3.63) is 0 Å². The molecule has 0 amide bonds. The summed E-state index contributed by atoms with van der Waals surface area (Å²) in [7, 11) is -2.70. The molecular weight excluding hydrogens is 234 g/mol. The third-order valence-corrected chi connectivity index (χ3v) is 6.00. The lowest BCUT2D eigenvalue weighted by molar-refractivity contribution is 0.405. The van der Waals surface area contributed by atoms with E-state index >= 15 is 0 Å². The van der Waals surface area contributed by atoms with Crippen molar-refractivity contribution in [3.63, 3.8) is 0 Å². The number of rotatable bonds is 4. The normalized spacial score (nSPS) is 30.2. The van der Waals surface area contributed by atoms with Gasteiger partial charge in [0.1, 0.15) is 0 Å². The van der Waals surface area contributed by atoms with Crippen molar-refractivity contribution in [3.8, 4) is 0 Å². The predicted octanol–water partition coefficient (Wildman–Crippen LogP) is 1.98. The molecule has 0 bridgehead atoms. The molecule has 1 heterocycles. The summed E-state index contributed by atoms with van der Waals surface area (Å²) < 4.78 is 22.6. The fraction of sp³-hybridized carbons (Fsp3) is 1.00. The van der Waals surface area contributed by atoms with Gasteiger partial charge in [-0.05, 0) is 44.2 Å². The largest absolute Gasteiger partial charge is 0.316 e. The first-order valence-corrected chi connectivity index (χ1v) is 8.89. The summed E-state index contributed by atoms with van der Waals surface area (Å²) in [6.07, 6.45) is 9.13. The Morgan fingerprint density at radius 2 is 1.53 bits per heavy atom. The number of hydrogen-bond donors (Lipinski definition) is 1. The van der Waals surface area contributed by atoms with Crippen molar-refractivity contribution in [2.24, 2.45) is 11.8 Å². The fourth-order valence-corrected chi connectivity index (χ4v) is 4.95. The summed E-state index contributed by atoms with van der Waals surface area (Å²) in [4.78, 5) is 0.